The lowest BCUT2D eigenvalue weighted by Crippen LogP contribution is -2.32. The highest BCUT2D eigenvalue weighted by molar-refractivity contribution is 5.47. The first kappa shape index (κ1) is 13.9. The number of benzene rings is 1. The van der Waals surface area contributed by atoms with Gasteiger partial charge in [0.1, 0.15) is 5.82 Å². The predicted molar refractivity (Wildman–Crippen MR) is 68.1 cm³/mol. The minimum absolute atomic E-state index is 0.149. The quantitative estimate of drug-likeness (QED) is 0.748. The van der Waals surface area contributed by atoms with Crippen molar-refractivity contribution in [3.8, 4) is 0 Å². The van der Waals surface area contributed by atoms with Crippen molar-refractivity contribution in [2.75, 3.05) is 18.9 Å². The maximum absolute atomic E-state index is 13.6. The molecular formula is C13H21FN2O. The predicted octanol–water partition coefficient (Wildman–Crippen LogP) is 2.00. The summed E-state index contributed by atoms with van der Waals surface area (Å²) >= 11 is 0. The summed E-state index contributed by atoms with van der Waals surface area (Å²) in [6.45, 7) is 5.47. The molecule has 17 heavy (non-hydrogen) atoms. The fourth-order valence-electron chi connectivity index (χ4n) is 1.74. The number of nitrogen functional groups attached to an aromatic ring is 1. The second-order valence-electron chi connectivity index (χ2n) is 4.45. The van der Waals surface area contributed by atoms with Crippen molar-refractivity contribution in [1.82, 2.24) is 4.90 Å². The molecule has 3 N–H and O–H groups in total. The Morgan fingerprint density at radius 1 is 1.41 bits per heavy atom. The zero-order valence-corrected chi connectivity index (χ0v) is 10.5. The van der Waals surface area contributed by atoms with Gasteiger partial charge in [-0.25, -0.2) is 4.39 Å². The first-order valence-corrected chi connectivity index (χ1v) is 5.94. The normalized spacial score (nSPS) is 11.4. The number of halogens is 1. The summed E-state index contributed by atoms with van der Waals surface area (Å²) in [6, 6.07) is 5.04. The summed E-state index contributed by atoms with van der Waals surface area (Å²) in [7, 11) is 0. The second kappa shape index (κ2) is 6.57. The van der Waals surface area contributed by atoms with Gasteiger partial charge in [0.25, 0.3) is 0 Å². The second-order valence-corrected chi connectivity index (χ2v) is 4.45. The summed E-state index contributed by atoms with van der Waals surface area (Å²) in [5, 5.41) is 8.85. The Labute approximate surface area is 102 Å². The number of aliphatic hydroxyl groups excluding tert-OH is 1. The van der Waals surface area contributed by atoms with Gasteiger partial charge in [0.2, 0.25) is 0 Å². The van der Waals surface area contributed by atoms with Crippen LogP contribution in [0.3, 0.4) is 0 Å². The van der Waals surface area contributed by atoms with Crippen LogP contribution in [0, 0.1) is 5.82 Å². The first-order valence-electron chi connectivity index (χ1n) is 5.94. The first-order chi connectivity index (χ1) is 8.06. The maximum Gasteiger partial charge on any atom is 0.129 e. The molecule has 0 atom stereocenters. The summed E-state index contributed by atoms with van der Waals surface area (Å²) in [5.74, 6) is -0.264. The van der Waals surface area contributed by atoms with Gasteiger partial charge in [-0.15, -0.1) is 0 Å². The zero-order chi connectivity index (χ0) is 12.8. The molecule has 0 unspecified atom stereocenters. The van der Waals surface area contributed by atoms with E-state index in [0.717, 1.165) is 6.54 Å². The standard InChI is InChI=1S/C13H21FN2O/c1-10(2)16(7-4-8-17)9-11-12(14)5-3-6-13(11)15/h3,5-6,10,17H,4,7-9,15H2,1-2H3. The van der Waals surface area contributed by atoms with Crippen molar-refractivity contribution in [1.29, 1.82) is 0 Å². The highest BCUT2D eigenvalue weighted by Gasteiger charge is 2.14. The van der Waals surface area contributed by atoms with Gasteiger partial charge < -0.3 is 10.8 Å². The zero-order valence-electron chi connectivity index (χ0n) is 10.5. The van der Waals surface area contributed by atoms with Crippen molar-refractivity contribution in [2.24, 2.45) is 0 Å². The van der Waals surface area contributed by atoms with Gasteiger partial charge in [0, 0.05) is 37.0 Å². The van der Waals surface area contributed by atoms with Gasteiger partial charge in [-0.1, -0.05) is 6.07 Å². The maximum atomic E-state index is 13.6. The molecule has 3 nitrogen and oxygen atoms in total. The molecule has 1 rings (SSSR count). The summed E-state index contributed by atoms with van der Waals surface area (Å²) in [6.07, 6.45) is 0.687. The Morgan fingerprint density at radius 3 is 2.65 bits per heavy atom. The number of nitrogens with two attached hydrogens (primary N) is 1. The molecule has 0 saturated carbocycles. The number of nitrogens with zero attached hydrogens (tertiary/aromatic N) is 1. The van der Waals surface area contributed by atoms with E-state index in [9.17, 15) is 4.39 Å². The van der Waals surface area contributed by atoms with Gasteiger partial charge in [0.15, 0.2) is 0 Å². The van der Waals surface area contributed by atoms with E-state index in [0.29, 0.717) is 30.3 Å². The molecule has 1 aromatic carbocycles. The number of anilines is 1. The molecule has 0 aromatic heterocycles. The highest BCUT2D eigenvalue weighted by Crippen LogP contribution is 2.19. The third-order valence-electron chi connectivity index (χ3n) is 2.85. The van der Waals surface area contributed by atoms with Crippen LogP contribution >= 0.6 is 0 Å². The summed E-state index contributed by atoms with van der Waals surface area (Å²) < 4.78 is 13.6. The van der Waals surface area contributed by atoms with Crippen LogP contribution in [0.2, 0.25) is 0 Å². The number of hydrogen-bond donors (Lipinski definition) is 2. The third-order valence-corrected chi connectivity index (χ3v) is 2.85. The summed E-state index contributed by atoms with van der Waals surface area (Å²) in [4.78, 5) is 2.10. The van der Waals surface area contributed by atoms with E-state index in [2.05, 4.69) is 18.7 Å². The molecule has 0 aliphatic carbocycles. The van der Waals surface area contributed by atoms with E-state index in [1.165, 1.54) is 6.07 Å². The molecule has 0 aliphatic heterocycles. The molecule has 0 amide bonds. The van der Waals surface area contributed by atoms with Crippen LogP contribution in [0.15, 0.2) is 18.2 Å². The highest BCUT2D eigenvalue weighted by atomic mass is 19.1. The lowest BCUT2D eigenvalue weighted by Gasteiger charge is -2.27. The monoisotopic (exact) mass is 240 g/mol. The molecule has 0 aliphatic rings. The lowest BCUT2D eigenvalue weighted by molar-refractivity contribution is 0.183. The summed E-state index contributed by atoms with van der Waals surface area (Å²) in [5.41, 5.74) is 6.81. The van der Waals surface area contributed by atoms with E-state index < -0.39 is 0 Å². The van der Waals surface area contributed by atoms with Crippen LogP contribution in [0.5, 0.6) is 0 Å². The number of rotatable bonds is 6. The van der Waals surface area contributed by atoms with Gasteiger partial charge in [-0.2, -0.15) is 0 Å². The SMILES string of the molecule is CC(C)N(CCCO)Cc1c(N)cccc1F. The van der Waals surface area contributed by atoms with Gasteiger partial charge in [-0.05, 0) is 32.4 Å². The van der Waals surface area contributed by atoms with E-state index in [1.54, 1.807) is 12.1 Å². The third kappa shape index (κ3) is 3.98. The van der Waals surface area contributed by atoms with Gasteiger partial charge >= 0.3 is 0 Å². The van der Waals surface area contributed by atoms with E-state index in [-0.39, 0.29) is 12.4 Å². The molecule has 0 spiro atoms. The van der Waals surface area contributed by atoms with Crippen LogP contribution < -0.4 is 5.73 Å². The van der Waals surface area contributed by atoms with Crippen molar-refractivity contribution < 1.29 is 9.50 Å². The Kier molecular flexibility index (Phi) is 5.38. The molecular weight excluding hydrogens is 219 g/mol. The Morgan fingerprint density at radius 2 is 2.12 bits per heavy atom. The Hall–Kier alpha value is -1.13. The lowest BCUT2D eigenvalue weighted by atomic mass is 10.1. The van der Waals surface area contributed by atoms with Crippen LogP contribution in [-0.2, 0) is 6.54 Å². The van der Waals surface area contributed by atoms with Crippen molar-refractivity contribution >= 4 is 5.69 Å². The van der Waals surface area contributed by atoms with Crippen LogP contribution in [0.1, 0.15) is 25.8 Å². The molecule has 0 fully saturated rings. The fraction of sp³-hybridized carbons (Fsp3) is 0.538. The van der Waals surface area contributed by atoms with Gasteiger partial charge in [0.05, 0.1) is 0 Å². The molecule has 0 radical (unpaired) electrons. The van der Waals surface area contributed by atoms with E-state index in [4.69, 9.17) is 10.8 Å². The minimum Gasteiger partial charge on any atom is -0.398 e. The topological polar surface area (TPSA) is 49.5 Å². The van der Waals surface area contributed by atoms with Crippen molar-refractivity contribution in [3.05, 3.63) is 29.6 Å². The number of aliphatic hydroxyl groups is 1. The largest absolute Gasteiger partial charge is 0.398 e. The molecule has 96 valence electrons. The molecule has 0 saturated heterocycles. The average molecular weight is 240 g/mol. The van der Waals surface area contributed by atoms with E-state index >= 15 is 0 Å². The Balaban J connectivity index is 2.78. The van der Waals surface area contributed by atoms with Crippen molar-refractivity contribution in [3.63, 3.8) is 0 Å². The molecule has 4 heteroatoms. The Bertz CT molecular complexity index is 335. The van der Waals surface area contributed by atoms with Gasteiger partial charge in [-0.3, -0.25) is 4.90 Å². The minimum atomic E-state index is -0.264. The van der Waals surface area contributed by atoms with Crippen LogP contribution in [0.25, 0.3) is 0 Å². The van der Waals surface area contributed by atoms with E-state index in [1.807, 2.05) is 0 Å². The van der Waals surface area contributed by atoms with Crippen LogP contribution in [-0.4, -0.2) is 29.2 Å². The number of hydrogen-bond acceptors (Lipinski definition) is 3. The van der Waals surface area contributed by atoms with Crippen molar-refractivity contribution in [2.45, 2.75) is 32.9 Å². The smallest absolute Gasteiger partial charge is 0.129 e. The molecule has 0 heterocycles. The van der Waals surface area contributed by atoms with Crippen LogP contribution in [0.4, 0.5) is 10.1 Å². The molecule has 1 aromatic rings. The molecule has 0 bridgehead atoms. The fourth-order valence-corrected chi connectivity index (χ4v) is 1.74. The average Bonchev–Trinajstić information content (AvgIpc) is 2.27.